The van der Waals surface area contributed by atoms with Crippen molar-refractivity contribution >= 4 is 6.03 Å². The Bertz CT molecular complexity index is 414. The number of ether oxygens (including phenoxy) is 1. The molecule has 4 aliphatic carbocycles. The van der Waals surface area contributed by atoms with Crippen molar-refractivity contribution in [3.63, 3.8) is 0 Å². The Hall–Kier alpha value is -1.03. The van der Waals surface area contributed by atoms with E-state index in [0.717, 1.165) is 43.8 Å². The zero-order valence-corrected chi connectivity index (χ0v) is 12.7. The fourth-order valence-electron chi connectivity index (χ4n) is 5.49. The van der Waals surface area contributed by atoms with Crippen molar-refractivity contribution < 1.29 is 9.53 Å². The molecule has 0 aromatic carbocycles. The Kier molecular flexibility index (Phi) is 3.44. The third-order valence-corrected chi connectivity index (χ3v) is 5.96. The Morgan fingerprint density at radius 1 is 1.05 bits per heavy atom. The molecule has 0 spiro atoms. The average molecular weight is 290 g/mol. The molecular formula is C17H26N2O2. The Morgan fingerprint density at radius 2 is 1.62 bits per heavy atom. The molecular weight excluding hydrogens is 264 g/mol. The Balaban J connectivity index is 1.36. The van der Waals surface area contributed by atoms with E-state index in [1.807, 2.05) is 6.20 Å². The van der Waals surface area contributed by atoms with Crippen molar-refractivity contribution in [3.05, 3.63) is 11.8 Å². The summed E-state index contributed by atoms with van der Waals surface area (Å²) in [5.74, 6) is 2.60. The molecule has 5 aliphatic rings. The van der Waals surface area contributed by atoms with Crippen LogP contribution >= 0.6 is 0 Å². The number of urea groups is 1. The molecule has 21 heavy (non-hydrogen) atoms. The highest BCUT2D eigenvalue weighted by Crippen LogP contribution is 2.55. The first-order valence-electron chi connectivity index (χ1n) is 8.55. The van der Waals surface area contributed by atoms with Gasteiger partial charge in [0.15, 0.2) is 0 Å². The summed E-state index contributed by atoms with van der Waals surface area (Å²) in [7, 11) is 0. The van der Waals surface area contributed by atoms with E-state index < -0.39 is 0 Å². The van der Waals surface area contributed by atoms with E-state index in [9.17, 15) is 4.79 Å². The zero-order valence-electron chi connectivity index (χ0n) is 12.7. The molecule has 2 amide bonds. The van der Waals surface area contributed by atoms with Crippen LogP contribution in [0.25, 0.3) is 0 Å². The second-order valence-corrected chi connectivity index (χ2v) is 7.71. The SMILES string of the molecule is O=C(NC=C1CCOCC1)NC12CC3CC(CC(C3)C1)C2. The molecule has 0 atom stereocenters. The molecule has 2 N–H and O–H groups in total. The predicted molar refractivity (Wildman–Crippen MR) is 80.7 cm³/mol. The monoisotopic (exact) mass is 290 g/mol. The summed E-state index contributed by atoms with van der Waals surface area (Å²) in [5, 5.41) is 6.30. The van der Waals surface area contributed by atoms with Crippen molar-refractivity contribution in [2.24, 2.45) is 17.8 Å². The number of rotatable bonds is 2. The number of hydrogen-bond donors (Lipinski definition) is 2. The molecule has 5 fully saturated rings. The lowest BCUT2D eigenvalue weighted by Gasteiger charge is -2.56. The second-order valence-electron chi connectivity index (χ2n) is 7.71. The summed E-state index contributed by atoms with van der Waals surface area (Å²) in [5.41, 5.74) is 1.40. The van der Waals surface area contributed by atoms with Gasteiger partial charge in [-0.25, -0.2) is 4.79 Å². The predicted octanol–water partition coefficient (Wildman–Crippen LogP) is 2.95. The number of hydrogen-bond acceptors (Lipinski definition) is 2. The highest BCUT2D eigenvalue weighted by atomic mass is 16.5. The lowest BCUT2D eigenvalue weighted by atomic mass is 9.53. The first-order valence-corrected chi connectivity index (χ1v) is 8.55. The van der Waals surface area contributed by atoms with Crippen molar-refractivity contribution in [2.75, 3.05) is 13.2 Å². The van der Waals surface area contributed by atoms with Crippen LogP contribution in [-0.2, 0) is 4.74 Å². The summed E-state index contributed by atoms with van der Waals surface area (Å²) >= 11 is 0. The molecule has 4 nitrogen and oxygen atoms in total. The molecule has 0 aromatic heterocycles. The van der Waals surface area contributed by atoms with Gasteiger partial charge in [-0.3, -0.25) is 0 Å². The maximum absolute atomic E-state index is 12.3. The molecule has 1 aliphatic heterocycles. The maximum atomic E-state index is 12.3. The van der Waals surface area contributed by atoms with Gasteiger partial charge in [0.05, 0.1) is 13.2 Å². The van der Waals surface area contributed by atoms with E-state index in [1.165, 1.54) is 44.1 Å². The molecule has 0 radical (unpaired) electrons. The lowest BCUT2D eigenvalue weighted by Crippen LogP contribution is -2.61. The topological polar surface area (TPSA) is 50.4 Å². The van der Waals surface area contributed by atoms with Crippen LogP contribution in [0.15, 0.2) is 11.8 Å². The summed E-state index contributed by atoms with van der Waals surface area (Å²) in [6, 6.07) is -0.00376. The molecule has 5 rings (SSSR count). The van der Waals surface area contributed by atoms with Crippen LogP contribution in [0, 0.1) is 17.8 Å². The molecule has 1 heterocycles. The van der Waals surface area contributed by atoms with Gasteiger partial charge in [-0.05, 0) is 74.7 Å². The van der Waals surface area contributed by atoms with Crippen LogP contribution in [-0.4, -0.2) is 24.8 Å². The summed E-state index contributed by atoms with van der Waals surface area (Å²) in [4.78, 5) is 12.3. The van der Waals surface area contributed by atoms with E-state index in [4.69, 9.17) is 4.74 Å². The quantitative estimate of drug-likeness (QED) is 0.821. The molecule has 4 heteroatoms. The molecule has 4 bridgehead atoms. The first kappa shape index (κ1) is 13.6. The van der Waals surface area contributed by atoms with Crippen LogP contribution in [0.3, 0.4) is 0 Å². The number of amides is 2. The van der Waals surface area contributed by atoms with Crippen LogP contribution in [0.4, 0.5) is 4.79 Å². The zero-order chi connectivity index (χ0) is 14.3. The van der Waals surface area contributed by atoms with Gasteiger partial charge in [-0.15, -0.1) is 0 Å². The fraction of sp³-hybridized carbons (Fsp3) is 0.824. The number of carbonyl (C=O) groups is 1. The van der Waals surface area contributed by atoms with Gasteiger partial charge in [0, 0.05) is 11.7 Å². The van der Waals surface area contributed by atoms with Crippen LogP contribution in [0.2, 0.25) is 0 Å². The summed E-state index contributed by atoms with van der Waals surface area (Å²) in [6.07, 6.45) is 11.6. The standard InChI is InChI=1S/C17H26N2O2/c20-16(18-11-12-1-3-21-4-2-12)19-17-8-13-5-14(9-17)7-15(6-13)10-17/h11,13-15H,1-10H2,(H2,18,19,20). The van der Waals surface area contributed by atoms with Crippen molar-refractivity contribution in [1.82, 2.24) is 10.6 Å². The average Bonchev–Trinajstić information content (AvgIpc) is 2.44. The highest BCUT2D eigenvalue weighted by Gasteiger charge is 2.51. The third-order valence-electron chi connectivity index (χ3n) is 5.96. The smallest absolute Gasteiger partial charge is 0.319 e. The van der Waals surface area contributed by atoms with E-state index in [1.54, 1.807) is 0 Å². The third kappa shape index (κ3) is 2.83. The van der Waals surface area contributed by atoms with E-state index >= 15 is 0 Å². The van der Waals surface area contributed by atoms with Gasteiger partial charge in [0.1, 0.15) is 0 Å². The first-order chi connectivity index (χ1) is 10.2. The van der Waals surface area contributed by atoms with Crippen molar-refractivity contribution in [2.45, 2.75) is 56.9 Å². The maximum Gasteiger partial charge on any atom is 0.319 e. The van der Waals surface area contributed by atoms with Crippen LogP contribution < -0.4 is 10.6 Å². The van der Waals surface area contributed by atoms with E-state index in [0.29, 0.717) is 0 Å². The minimum Gasteiger partial charge on any atom is -0.381 e. The number of nitrogens with one attached hydrogen (secondary N) is 2. The summed E-state index contributed by atoms with van der Waals surface area (Å²) < 4.78 is 5.33. The Labute approximate surface area is 126 Å². The van der Waals surface area contributed by atoms with Gasteiger partial charge in [-0.2, -0.15) is 0 Å². The molecule has 116 valence electrons. The van der Waals surface area contributed by atoms with Gasteiger partial charge >= 0.3 is 6.03 Å². The lowest BCUT2D eigenvalue weighted by molar-refractivity contribution is -0.0133. The largest absolute Gasteiger partial charge is 0.381 e. The van der Waals surface area contributed by atoms with Gasteiger partial charge in [0.2, 0.25) is 0 Å². The van der Waals surface area contributed by atoms with Crippen molar-refractivity contribution in [1.29, 1.82) is 0 Å². The minimum absolute atomic E-state index is 0.00376. The van der Waals surface area contributed by atoms with E-state index in [-0.39, 0.29) is 11.6 Å². The Morgan fingerprint density at radius 3 is 2.19 bits per heavy atom. The summed E-state index contributed by atoms with van der Waals surface area (Å²) in [6.45, 7) is 1.56. The van der Waals surface area contributed by atoms with Crippen molar-refractivity contribution in [3.8, 4) is 0 Å². The van der Waals surface area contributed by atoms with E-state index in [2.05, 4.69) is 10.6 Å². The second kappa shape index (κ2) is 5.31. The normalized spacial score (nSPS) is 41.0. The van der Waals surface area contributed by atoms with Gasteiger partial charge in [-0.1, -0.05) is 0 Å². The minimum atomic E-state index is -0.00376. The van der Waals surface area contributed by atoms with Crippen LogP contribution in [0.5, 0.6) is 0 Å². The molecule has 0 unspecified atom stereocenters. The van der Waals surface area contributed by atoms with Gasteiger partial charge < -0.3 is 15.4 Å². The molecule has 1 saturated heterocycles. The molecule has 4 saturated carbocycles. The highest BCUT2D eigenvalue weighted by molar-refractivity contribution is 5.76. The molecule has 0 aromatic rings. The van der Waals surface area contributed by atoms with Crippen LogP contribution in [0.1, 0.15) is 51.4 Å². The number of carbonyl (C=O) groups excluding carboxylic acids is 1. The fourth-order valence-corrected chi connectivity index (χ4v) is 5.49. The van der Waals surface area contributed by atoms with Gasteiger partial charge in [0.25, 0.3) is 0 Å².